The second-order valence-corrected chi connectivity index (χ2v) is 4.57. The Morgan fingerprint density at radius 1 is 1.40 bits per heavy atom. The van der Waals surface area contributed by atoms with E-state index < -0.39 is 0 Å². The summed E-state index contributed by atoms with van der Waals surface area (Å²) in [5, 5.41) is 13.5. The van der Waals surface area contributed by atoms with Gasteiger partial charge in [0.2, 0.25) is 0 Å². The molecule has 0 spiro atoms. The number of fused-ring (bicyclic) bond motifs is 1. The lowest BCUT2D eigenvalue weighted by Crippen LogP contribution is -2.22. The van der Waals surface area contributed by atoms with Crippen LogP contribution in [0, 0.1) is 0 Å². The van der Waals surface area contributed by atoms with E-state index >= 15 is 0 Å². The van der Waals surface area contributed by atoms with Crippen molar-refractivity contribution in [1.29, 1.82) is 0 Å². The average Bonchev–Trinajstić information content (AvgIpc) is 2.58. The fourth-order valence-corrected chi connectivity index (χ4v) is 2.70. The van der Waals surface area contributed by atoms with Crippen LogP contribution in [0.25, 0.3) is 0 Å². The van der Waals surface area contributed by atoms with Crippen LogP contribution in [0.5, 0.6) is 0 Å². The lowest BCUT2D eigenvalue weighted by molar-refractivity contribution is 0.284. The van der Waals surface area contributed by atoms with Crippen molar-refractivity contribution in [1.82, 2.24) is 5.32 Å². The number of nitrogens with one attached hydrogen (secondary N) is 1. The minimum absolute atomic E-state index is 0.153. The number of halogens is 2. The van der Waals surface area contributed by atoms with Gasteiger partial charge in [0.25, 0.3) is 0 Å². The maximum Gasteiger partial charge on any atom is 0.0556 e. The molecule has 0 radical (unpaired) electrons. The summed E-state index contributed by atoms with van der Waals surface area (Å²) in [5.74, 6) is 0. The van der Waals surface area contributed by atoms with Gasteiger partial charge in [0, 0.05) is 22.6 Å². The zero-order valence-corrected chi connectivity index (χ0v) is 9.78. The third-order valence-electron chi connectivity index (χ3n) is 2.76. The van der Waals surface area contributed by atoms with Crippen LogP contribution in [0.1, 0.15) is 23.6 Å². The first kappa shape index (κ1) is 11.2. The Bertz CT molecular complexity index is 368. The molecule has 0 heterocycles. The SMILES string of the molecule is OCCNC1CCc2c(Cl)cc(Cl)cc21. The molecular formula is C11H13Cl2NO. The highest BCUT2D eigenvalue weighted by molar-refractivity contribution is 6.35. The van der Waals surface area contributed by atoms with Crippen LogP contribution in [-0.4, -0.2) is 18.3 Å². The summed E-state index contributed by atoms with van der Waals surface area (Å²) in [4.78, 5) is 0. The maximum absolute atomic E-state index is 8.77. The molecule has 0 bridgehead atoms. The van der Waals surface area contributed by atoms with Gasteiger partial charge in [-0.15, -0.1) is 0 Å². The number of aliphatic hydroxyl groups excluding tert-OH is 1. The summed E-state index contributed by atoms with van der Waals surface area (Å²) >= 11 is 12.1. The zero-order valence-electron chi connectivity index (χ0n) is 8.26. The maximum atomic E-state index is 8.77. The van der Waals surface area contributed by atoms with Crippen LogP contribution < -0.4 is 5.32 Å². The van der Waals surface area contributed by atoms with E-state index in [1.54, 1.807) is 6.07 Å². The second kappa shape index (κ2) is 4.71. The highest BCUT2D eigenvalue weighted by Crippen LogP contribution is 2.37. The third-order valence-corrected chi connectivity index (χ3v) is 3.31. The molecule has 0 saturated carbocycles. The molecule has 2 nitrogen and oxygen atoms in total. The topological polar surface area (TPSA) is 32.3 Å². The summed E-state index contributed by atoms with van der Waals surface area (Å²) in [5.41, 5.74) is 2.37. The summed E-state index contributed by atoms with van der Waals surface area (Å²) in [6.07, 6.45) is 2.00. The minimum atomic E-state index is 0.153. The predicted octanol–water partition coefficient (Wildman–Crippen LogP) is 2.56. The van der Waals surface area contributed by atoms with E-state index in [-0.39, 0.29) is 12.6 Å². The van der Waals surface area contributed by atoms with Gasteiger partial charge in [0.1, 0.15) is 0 Å². The Labute approximate surface area is 99.2 Å². The lowest BCUT2D eigenvalue weighted by atomic mass is 10.1. The standard InChI is InChI=1S/C11H13Cl2NO/c12-7-5-9-8(10(13)6-7)1-2-11(9)14-3-4-15/h5-6,11,14-15H,1-4H2. The number of aliphatic hydroxyl groups is 1. The zero-order chi connectivity index (χ0) is 10.8. The Kier molecular flexibility index (Phi) is 3.52. The number of hydrogen-bond donors (Lipinski definition) is 2. The first-order chi connectivity index (χ1) is 7.22. The molecule has 0 aliphatic heterocycles. The van der Waals surface area contributed by atoms with Crippen LogP contribution in [0.2, 0.25) is 10.0 Å². The van der Waals surface area contributed by atoms with E-state index in [2.05, 4.69) is 5.32 Å². The van der Waals surface area contributed by atoms with E-state index in [4.69, 9.17) is 28.3 Å². The summed E-state index contributed by atoms with van der Waals surface area (Å²) in [7, 11) is 0. The molecular weight excluding hydrogens is 233 g/mol. The van der Waals surface area contributed by atoms with Crippen molar-refractivity contribution in [3.05, 3.63) is 33.3 Å². The molecule has 1 aromatic rings. The van der Waals surface area contributed by atoms with Crippen LogP contribution >= 0.6 is 23.2 Å². The molecule has 2 rings (SSSR count). The van der Waals surface area contributed by atoms with Crippen molar-refractivity contribution in [2.24, 2.45) is 0 Å². The molecule has 1 atom stereocenters. The van der Waals surface area contributed by atoms with Crippen molar-refractivity contribution >= 4 is 23.2 Å². The lowest BCUT2D eigenvalue weighted by Gasteiger charge is -2.13. The van der Waals surface area contributed by atoms with Gasteiger partial charge in [0.05, 0.1) is 6.61 Å². The molecule has 82 valence electrons. The van der Waals surface area contributed by atoms with Gasteiger partial charge in [-0.05, 0) is 36.1 Å². The van der Waals surface area contributed by atoms with Crippen LogP contribution in [0.3, 0.4) is 0 Å². The molecule has 1 aromatic carbocycles. The highest BCUT2D eigenvalue weighted by atomic mass is 35.5. The normalized spacial score (nSPS) is 19.3. The van der Waals surface area contributed by atoms with Crippen molar-refractivity contribution in [2.75, 3.05) is 13.2 Å². The number of hydrogen-bond acceptors (Lipinski definition) is 2. The largest absolute Gasteiger partial charge is 0.395 e. The molecule has 1 aliphatic rings. The summed E-state index contributed by atoms with van der Waals surface area (Å²) in [6, 6.07) is 4.03. The Balaban J connectivity index is 2.25. The summed E-state index contributed by atoms with van der Waals surface area (Å²) in [6.45, 7) is 0.758. The van der Waals surface area contributed by atoms with E-state index in [9.17, 15) is 0 Å². The van der Waals surface area contributed by atoms with E-state index in [1.165, 1.54) is 11.1 Å². The molecule has 4 heteroatoms. The minimum Gasteiger partial charge on any atom is -0.395 e. The molecule has 1 aliphatic carbocycles. The first-order valence-electron chi connectivity index (χ1n) is 5.04. The van der Waals surface area contributed by atoms with Crippen LogP contribution in [0.15, 0.2) is 12.1 Å². The molecule has 1 unspecified atom stereocenters. The van der Waals surface area contributed by atoms with Gasteiger partial charge in [-0.25, -0.2) is 0 Å². The van der Waals surface area contributed by atoms with E-state index in [0.717, 1.165) is 17.9 Å². The molecule has 2 N–H and O–H groups in total. The van der Waals surface area contributed by atoms with E-state index in [0.29, 0.717) is 11.6 Å². The molecule has 0 saturated heterocycles. The molecule has 0 amide bonds. The van der Waals surface area contributed by atoms with Gasteiger partial charge < -0.3 is 10.4 Å². The van der Waals surface area contributed by atoms with Gasteiger partial charge in [-0.3, -0.25) is 0 Å². The molecule has 15 heavy (non-hydrogen) atoms. The van der Waals surface area contributed by atoms with Crippen LogP contribution in [0.4, 0.5) is 0 Å². The predicted molar refractivity (Wildman–Crippen MR) is 62.6 cm³/mol. The monoisotopic (exact) mass is 245 g/mol. The molecule has 0 aromatic heterocycles. The third kappa shape index (κ3) is 2.28. The van der Waals surface area contributed by atoms with Gasteiger partial charge >= 0.3 is 0 Å². The Morgan fingerprint density at radius 3 is 2.93 bits per heavy atom. The van der Waals surface area contributed by atoms with Gasteiger partial charge in [0.15, 0.2) is 0 Å². The second-order valence-electron chi connectivity index (χ2n) is 3.72. The fourth-order valence-electron chi connectivity index (χ4n) is 2.09. The fraction of sp³-hybridized carbons (Fsp3) is 0.455. The quantitative estimate of drug-likeness (QED) is 0.859. The van der Waals surface area contributed by atoms with Gasteiger partial charge in [-0.2, -0.15) is 0 Å². The van der Waals surface area contributed by atoms with E-state index in [1.807, 2.05) is 6.07 Å². The van der Waals surface area contributed by atoms with Crippen molar-refractivity contribution < 1.29 is 5.11 Å². The number of rotatable bonds is 3. The smallest absolute Gasteiger partial charge is 0.0556 e. The summed E-state index contributed by atoms with van der Waals surface area (Å²) < 4.78 is 0. The molecule has 0 fully saturated rings. The highest BCUT2D eigenvalue weighted by Gasteiger charge is 2.24. The Hall–Kier alpha value is -0.280. The van der Waals surface area contributed by atoms with Crippen molar-refractivity contribution in [2.45, 2.75) is 18.9 Å². The number of benzene rings is 1. The van der Waals surface area contributed by atoms with Crippen LogP contribution in [-0.2, 0) is 6.42 Å². The first-order valence-corrected chi connectivity index (χ1v) is 5.80. The average molecular weight is 246 g/mol. The Morgan fingerprint density at radius 2 is 2.20 bits per heavy atom. The van der Waals surface area contributed by atoms with Gasteiger partial charge in [-0.1, -0.05) is 23.2 Å². The van der Waals surface area contributed by atoms with Crippen molar-refractivity contribution in [3.63, 3.8) is 0 Å². The van der Waals surface area contributed by atoms with Crippen molar-refractivity contribution in [3.8, 4) is 0 Å².